The van der Waals surface area contributed by atoms with Crippen LogP contribution in [0, 0.1) is 5.82 Å². The van der Waals surface area contributed by atoms with Gasteiger partial charge in [-0.2, -0.15) is 0 Å². The lowest BCUT2D eigenvalue weighted by atomic mass is 9.92. The maximum Gasteiger partial charge on any atom is 0.325 e. The van der Waals surface area contributed by atoms with Gasteiger partial charge in [-0.15, -0.1) is 0 Å². The molecule has 0 spiro atoms. The van der Waals surface area contributed by atoms with E-state index in [1.807, 2.05) is 48.5 Å². The summed E-state index contributed by atoms with van der Waals surface area (Å²) in [6, 6.07) is 24.2. The highest BCUT2D eigenvalue weighted by molar-refractivity contribution is 6.09. The molecule has 0 aromatic heterocycles. The number of nitrogens with one attached hydrogen (secondary N) is 2. The van der Waals surface area contributed by atoms with Crippen LogP contribution in [0.15, 0.2) is 84.9 Å². The highest BCUT2D eigenvalue weighted by Gasteiger charge is 2.49. The zero-order valence-electron chi connectivity index (χ0n) is 19.5. The number of halogens is 1. The summed E-state index contributed by atoms with van der Waals surface area (Å²) in [5.41, 5.74) is 1.27. The Labute approximate surface area is 204 Å². The number of nitrogens with zero attached hydrogens (tertiary/aromatic N) is 1. The lowest BCUT2D eigenvalue weighted by molar-refractivity contribution is -0.135. The van der Waals surface area contributed by atoms with Gasteiger partial charge < -0.3 is 10.6 Å². The van der Waals surface area contributed by atoms with Crippen molar-refractivity contribution in [2.45, 2.75) is 37.8 Å². The first kappa shape index (κ1) is 24.1. The largest absolute Gasteiger partial charge is 0.348 e. The van der Waals surface area contributed by atoms with Gasteiger partial charge in [-0.25, -0.2) is 9.18 Å². The summed E-state index contributed by atoms with van der Waals surface area (Å²) in [4.78, 5) is 39.6. The molecule has 1 fully saturated rings. The van der Waals surface area contributed by atoms with Gasteiger partial charge in [0.1, 0.15) is 17.9 Å². The van der Waals surface area contributed by atoms with Crippen LogP contribution in [0.1, 0.15) is 42.5 Å². The van der Waals surface area contributed by atoms with Crippen molar-refractivity contribution in [2.75, 3.05) is 6.54 Å². The van der Waals surface area contributed by atoms with Crippen LogP contribution >= 0.6 is 0 Å². The second-order valence-corrected chi connectivity index (χ2v) is 8.86. The number of hydrogen-bond donors (Lipinski definition) is 2. The molecule has 0 unspecified atom stereocenters. The molecule has 1 saturated heterocycles. The summed E-state index contributed by atoms with van der Waals surface area (Å²) >= 11 is 0. The number of carbonyl (C=O) groups is 3. The number of imide groups is 1. The molecule has 3 aromatic carbocycles. The van der Waals surface area contributed by atoms with Gasteiger partial charge in [-0.3, -0.25) is 14.5 Å². The highest BCUT2D eigenvalue weighted by atomic mass is 19.1. The summed E-state index contributed by atoms with van der Waals surface area (Å²) in [5.74, 6) is -1.42. The van der Waals surface area contributed by atoms with E-state index < -0.39 is 35.7 Å². The Balaban J connectivity index is 1.42. The third kappa shape index (κ3) is 5.57. The van der Waals surface area contributed by atoms with Crippen LogP contribution in [-0.4, -0.2) is 29.3 Å². The molecule has 2 N–H and O–H groups in total. The van der Waals surface area contributed by atoms with Crippen LogP contribution < -0.4 is 10.6 Å². The Kier molecular flexibility index (Phi) is 7.25. The minimum absolute atomic E-state index is 0.253. The summed E-state index contributed by atoms with van der Waals surface area (Å²) in [6.07, 6.45) is 2.44. The van der Waals surface area contributed by atoms with E-state index in [0.717, 1.165) is 23.3 Å². The minimum Gasteiger partial charge on any atom is -0.348 e. The maximum absolute atomic E-state index is 13.3. The van der Waals surface area contributed by atoms with Gasteiger partial charge in [0.2, 0.25) is 5.91 Å². The molecule has 4 rings (SSSR count). The normalized spacial score (nSPS) is 18.3. The number of benzene rings is 3. The smallest absolute Gasteiger partial charge is 0.325 e. The number of carbonyl (C=O) groups excluding carboxylic acids is 3. The number of aryl methyl sites for hydroxylation is 1. The van der Waals surface area contributed by atoms with E-state index in [-0.39, 0.29) is 6.04 Å². The van der Waals surface area contributed by atoms with Gasteiger partial charge in [0.05, 0.1) is 6.04 Å². The third-order valence-electron chi connectivity index (χ3n) is 6.34. The van der Waals surface area contributed by atoms with Gasteiger partial charge in [0.15, 0.2) is 0 Å². The Morgan fingerprint density at radius 2 is 1.60 bits per heavy atom. The number of hydrogen-bond acceptors (Lipinski definition) is 3. The molecule has 0 saturated carbocycles. The van der Waals surface area contributed by atoms with Crippen molar-refractivity contribution in [3.8, 4) is 0 Å². The van der Waals surface area contributed by atoms with Crippen molar-refractivity contribution in [3.05, 3.63) is 107 Å². The van der Waals surface area contributed by atoms with E-state index in [0.29, 0.717) is 12.0 Å². The fourth-order valence-electron chi connectivity index (χ4n) is 4.37. The molecule has 7 heteroatoms. The molecular formula is C28H28FN3O3. The summed E-state index contributed by atoms with van der Waals surface area (Å²) in [6.45, 7) is 1.15. The number of urea groups is 1. The second kappa shape index (κ2) is 10.5. The Morgan fingerprint density at radius 1 is 0.971 bits per heavy atom. The van der Waals surface area contributed by atoms with Crippen LogP contribution in [0.2, 0.25) is 0 Å². The quantitative estimate of drug-likeness (QED) is 0.450. The molecule has 0 radical (unpaired) electrons. The average molecular weight is 474 g/mol. The molecule has 0 bridgehead atoms. The van der Waals surface area contributed by atoms with E-state index in [9.17, 15) is 18.8 Å². The van der Waals surface area contributed by atoms with Gasteiger partial charge in [-0.1, -0.05) is 72.8 Å². The molecular weight excluding hydrogens is 445 g/mol. The Bertz CT molecular complexity index is 1190. The van der Waals surface area contributed by atoms with Gasteiger partial charge in [-0.05, 0) is 55.0 Å². The van der Waals surface area contributed by atoms with Crippen molar-refractivity contribution in [1.82, 2.24) is 15.5 Å². The minimum atomic E-state index is -1.36. The predicted molar refractivity (Wildman–Crippen MR) is 131 cm³/mol. The van der Waals surface area contributed by atoms with E-state index in [1.54, 1.807) is 6.92 Å². The molecule has 180 valence electrons. The van der Waals surface area contributed by atoms with E-state index in [2.05, 4.69) is 22.8 Å². The summed E-state index contributed by atoms with van der Waals surface area (Å²) in [7, 11) is 0. The topological polar surface area (TPSA) is 78.5 Å². The maximum atomic E-state index is 13.3. The fourth-order valence-corrected chi connectivity index (χ4v) is 4.37. The molecule has 3 aromatic rings. The van der Waals surface area contributed by atoms with Gasteiger partial charge in [0.25, 0.3) is 5.91 Å². The summed E-state index contributed by atoms with van der Waals surface area (Å²) in [5, 5.41) is 5.64. The van der Waals surface area contributed by atoms with Crippen molar-refractivity contribution >= 4 is 17.8 Å². The second-order valence-electron chi connectivity index (χ2n) is 8.86. The number of rotatable bonds is 9. The first-order valence-electron chi connectivity index (χ1n) is 11.7. The molecule has 6 nitrogen and oxygen atoms in total. The van der Waals surface area contributed by atoms with Crippen molar-refractivity contribution < 1.29 is 18.8 Å². The Hall–Kier alpha value is -4.00. The van der Waals surface area contributed by atoms with Crippen LogP contribution in [0.3, 0.4) is 0 Å². The van der Waals surface area contributed by atoms with Crippen molar-refractivity contribution in [2.24, 2.45) is 0 Å². The first-order chi connectivity index (χ1) is 16.9. The molecule has 1 aliphatic heterocycles. The first-order valence-corrected chi connectivity index (χ1v) is 11.7. The molecule has 2 atom stereocenters. The molecule has 1 heterocycles. The SMILES string of the molecule is C[C@]1(c2ccc(F)cc2)NC(=O)N(CC(=O)N[C@@H](CCCc2ccccc2)c2ccccc2)C1=O. The molecule has 1 aliphatic rings. The standard InChI is InChI=1S/C28H28FN3O3/c1-28(22-15-17-23(29)18-16-22)26(34)32(27(35)31-28)19-25(33)30-24(21-12-6-3-7-13-21)14-8-11-20-9-4-2-5-10-20/h2-7,9-10,12-13,15-18,24H,8,11,14,19H2,1H3,(H,30,33)(H,31,35)/t24-,28+/m0/s1. The highest BCUT2D eigenvalue weighted by Crippen LogP contribution is 2.29. The monoisotopic (exact) mass is 473 g/mol. The summed E-state index contributed by atoms with van der Waals surface area (Å²) < 4.78 is 13.3. The molecule has 4 amide bonds. The number of amides is 4. The molecule has 35 heavy (non-hydrogen) atoms. The van der Waals surface area contributed by atoms with Crippen LogP contribution in [0.5, 0.6) is 0 Å². The van der Waals surface area contributed by atoms with E-state index >= 15 is 0 Å². The van der Waals surface area contributed by atoms with Crippen molar-refractivity contribution in [1.29, 1.82) is 0 Å². The van der Waals surface area contributed by atoms with E-state index in [1.165, 1.54) is 29.8 Å². The van der Waals surface area contributed by atoms with Crippen molar-refractivity contribution in [3.63, 3.8) is 0 Å². The van der Waals surface area contributed by atoms with Gasteiger partial charge >= 0.3 is 6.03 Å². The average Bonchev–Trinajstić information content (AvgIpc) is 3.08. The van der Waals surface area contributed by atoms with E-state index in [4.69, 9.17) is 0 Å². The van der Waals surface area contributed by atoms with Crippen LogP contribution in [0.25, 0.3) is 0 Å². The lowest BCUT2D eigenvalue weighted by Gasteiger charge is -2.23. The third-order valence-corrected chi connectivity index (χ3v) is 6.34. The Morgan fingerprint density at radius 3 is 2.26 bits per heavy atom. The fraction of sp³-hybridized carbons (Fsp3) is 0.250. The van der Waals surface area contributed by atoms with Crippen LogP contribution in [-0.2, 0) is 21.5 Å². The lowest BCUT2D eigenvalue weighted by Crippen LogP contribution is -2.44. The van der Waals surface area contributed by atoms with Gasteiger partial charge in [0, 0.05) is 0 Å². The zero-order chi connectivity index (χ0) is 24.8. The zero-order valence-corrected chi connectivity index (χ0v) is 19.5. The predicted octanol–water partition coefficient (Wildman–Crippen LogP) is 4.47. The van der Waals surface area contributed by atoms with Crippen LogP contribution in [0.4, 0.5) is 9.18 Å². The molecule has 0 aliphatic carbocycles.